The predicted octanol–water partition coefficient (Wildman–Crippen LogP) is 2.21. The van der Waals surface area contributed by atoms with Crippen LogP contribution in [0.3, 0.4) is 0 Å². The van der Waals surface area contributed by atoms with Crippen molar-refractivity contribution in [2.24, 2.45) is 5.73 Å². The lowest BCUT2D eigenvalue weighted by Crippen LogP contribution is -2.52. The molecule has 1 atom stereocenters. The third-order valence-corrected chi connectivity index (χ3v) is 5.35. The van der Waals surface area contributed by atoms with Crippen molar-refractivity contribution in [1.82, 2.24) is 9.80 Å². The van der Waals surface area contributed by atoms with E-state index in [1.165, 1.54) is 50.0 Å². The first kappa shape index (κ1) is 14.1. The average Bonchev–Trinajstić information content (AvgIpc) is 2.81. The number of nitrogens with zero attached hydrogens (tertiary/aromatic N) is 2. The van der Waals surface area contributed by atoms with Crippen molar-refractivity contribution >= 4 is 0 Å². The summed E-state index contributed by atoms with van der Waals surface area (Å²) in [6.45, 7) is 8.82. The lowest BCUT2D eigenvalue weighted by atomic mass is 9.88. The molecule has 2 aliphatic heterocycles. The Balaban J connectivity index is 1.77. The second-order valence-electron chi connectivity index (χ2n) is 6.34. The van der Waals surface area contributed by atoms with Gasteiger partial charge >= 0.3 is 0 Å². The molecule has 0 aliphatic carbocycles. The lowest BCUT2D eigenvalue weighted by molar-refractivity contribution is 0.0751. The maximum absolute atomic E-state index is 6.25. The van der Waals surface area contributed by atoms with Crippen LogP contribution in [0.2, 0.25) is 0 Å². The van der Waals surface area contributed by atoms with Crippen molar-refractivity contribution in [1.29, 1.82) is 0 Å². The topological polar surface area (TPSA) is 32.5 Å². The monoisotopic (exact) mass is 273 g/mol. The van der Waals surface area contributed by atoms with E-state index in [9.17, 15) is 0 Å². The molecule has 3 nitrogen and oxygen atoms in total. The Morgan fingerprint density at radius 2 is 1.80 bits per heavy atom. The zero-order valence-electron chi connectivity index (χ0n) is 12.6. The number of likely N-dealkylation sites (tertiary alicyclic amines) is 1. The second-order valence-corrected chi connectivity index (χ2v) is 6.34. The fourth-order valence-electron chi connectivity index (χ4n) is 3.87. The highest BCUT2D eigenvalue weighted by molar-refractivity contribution is 5.31. The largest absolute Gasteiger partial charge is 0.329 e. The molecule has 1 unspecified atom stereocenters. The van der Waals surface area contributed by atoms with Gasteiger partial charge in [0.05, 0.1) is 0 Å². The molecule has 20 heavy (non-hydrogen) atoms. The molecular weight excluding hydrogens is 246 g/mol. The predicted molar refractivity (Wildman–Crippen MR) is 83.4 cm³/mol. The van der Waals surface area contributed by atoms with E-state index in [0.29, 0.717) is 0 Å². The Kier molecular flexibility index (Phi) is 4.11. The molecule has 2 aliphatic rings. The summed E-state index contributed by atoms with van der Waals surface area (Å²) in [5.41, 5.74) is 9.45. The number of hydrogen-bond donors (Lipinski definition) is 1. The van der Waals surface area contributed by atoms with Crippen LogP contribution in [0.5, 0.6) is 0 Å². The molecule has 1 aromatic rings. The quantitative estimate of drug-likeness (QED) is 0.916. The maximum Gasteiger partial charge on any atom is 0.0351 e. The minimum absolute atomic E-state index is 0.211. The van der Waals surface area contributed by atoms with E-state index in [1.807, 2.05) is 0 Å². The van der Waals surface area contributed by atoms with E-state index >= 15 is 0 Å². The zero-order chi connectivity index (χ0) is 14.0. The first-order chi connectivity index (χ1) is 9.77. The van der Waals surface area contributed by atoms with Crippen molar-refractivity contribution in [2.75, 3.05) is 26.2 Å². The van der Waals surface area contributed by atoms with Gasteiger partial charge in [-0.2, -0.15) is 0 Å². The molecule has 0 aromatic heterocycles. The van der Waals surface area contributed by atoms with Gasteiger partial charge < -0.3 is 10.6 Å². The van der Waals surface area contributed by atoms with Crippen LogP contribution in [0.15, 0.2) is 24.3 Å². The van der Waals surface area contributed by atoms with Crippen LogP contribution >= 0.6 is 0 Å². The summed E-state index contributed by atoms with van der Waals surface area (Å²) in [6, 6.07) is 8.86. The molecule has 1 fully saturated rings. The first-order valence-corrected chi connectivity index (χ1v) is 8.02. The summed E-state index contributed by atoms with van der Waals surface area (Å²) < 4.78 is 0. The van der Waals surface area contributed by atoms with E-state index in [2.05, 4.69) is 41.0 Å². The summed E-state index contributed by atoms with van der Waals surface area (Å²) >= 11 is 0. The Morgan fingerprint density at radius 1 is 1.10 bits per heavy atom. The minimum Gasteiger partial charge on any atom is -0.329 e. The number of hydrogen-bond acceptors (Lipinski definition) is 3. The van der Waals surface area contributed by atoms with E-state index in [4.69, 9.17) is 5.73 Å². The van der Waals surface area contributed by atoms with E-state index in [-0.39, 0.29) is 5.54 Å². The van der Waals surface area contributed by atoms with E-state index in [1.54, 1.807) is 0 Å². The third-order valence-electron chi connectivity index (χ3n) is 5.35. The highest BCUT2D eigenvalue weighted by Crippen LogP contribution is 2.35. The molecule has 2 heterocycles. The van der Waals surface area contributed by atoms with Gasteiger partial charge in [0, 0.05) is 25.2 Å². The van der Waals surface area contributed by atoms with Crippen LogP contribution < -0.4 is 5.73 Å². The Labute approximate surface area is 122 Å². The summed E-state index contributed by atoms with van der Waals surface area (Å²) in [5.74, 6) is 0. The SMILES string of the molecule is CCN1CCCC(CN)(N2Cc3ccccc3C2)CC1. The van der Waals surface area contributed by atoms with Gasteiger partial charge in [0.15, 0.2) is 0 Å². The number of benzene rings is 1. The molecule has 0 radical (unpaired) electrons. The van der Waals surface area contributed by atoms with E-state index in [0.717, 1.165) is 19.6 Å². The molecule has 1 saturated heterocycles. The summed E-state index contributed by atoms with van der Waals surface area (Å²) in [6.07, 6.45) is 3.73. The smallest absolute Gasteiger partial charge is 0.0351 e. The third kappa shape index (κ3) is 2.50. The Hall–Kier alpha value is -0.900. The van der Waals surface area contributed by atoms with Crippen LogP contribution in [-0.4, -0.2) is 41.5 Å². The van der Waals surface area contributed by atoms with Gasteiger partial charge in [0.2, 0.25) is 0 Å². The summed E-state index contributed by atoms with van der Waals surface area (Å²) in [4.78, 5) is 5.22. The standard InChI is InChI=1S/C17H27N3/c1-2-19-10-5-8-17(14-18,9-11-19)20-12-15-6-3-4-7-16(15)13-20/h3-4,6-7H,2,5,8-14,18H2,1H3. The number of fused-ring (bicyclic) bond motifs is 1. The maximum atomic E-state index is 6.25. The van der Waals surface area contributed by atoms with Crippen molar-refractivity contribution < 1.29 is 0 Å². The van der Waals surface area contributed by atoms with Gasteiger partial charge in [-0.1, -0.05) is 31.2 Å². The molecule has 0 amide bonds. The lowest BCUT2D eigenvalue weighted by Gasteiger charge is -2.40. The molecule has 1 aromatic carbocycles. The van der Waals surface area contributed by atoms with Crippen LogP contribution in [0.1, 0.15) is 37.3 Å². The molecule has 2 N–H and O–H groups in total. The molecule has 110 valence electrons. The highest BCUT2D eigenvalue weighted by atomic mass is 15.2. The fourth-order valence-corrected chi connectivity index (χ4v) is 3.87. The number of nitrogens with two attached hydrogens (primary N) is 1. The van der Waals surface area contributed by atoms with Crippen LogP contribution in [0.4, 0.5) is 0 Å². The van der Waals surface area contributed by atoms with Crippen molar-refractivity contribution in [3.05, 3.63) is 35.4 Å². The van der Waals surface area contributed by atoms with Crippen LogP contribution in [0.25, 0.3) is 0 Å². The molecule has 0 spiro atoms. The molecule has 0 bridgehead atoms. The Bertz CT molecular complexity index is 434. The highest BCUT2D eigenvalue weighted by Gasteiger charge is 2.39. The minimum atomic E-state index is 0.211. The van der Waals surface area contributed by atoms with Crippen LogP contribution in [0, 0.1) is 0 Å². The average molecular weight is 273 g/mol. The summed E-state index contributed by atoms with van der Waals surface area (Å²) in [5, 5.41) is 0. The van der Waals surface area contributed by atoms with Crippen molar-refractivity contribution in [2.45, 2.75) is 44.8 Å². The van der Waals surface area contributed by atoms with Gasteiger partial charge in [-0.3, -0.25) is 4.90 Å². The number of rotatable bonds is 3. The molecule has 3 rings (SSSR count). The molecule has 3 heteroatoms. The first-order valence-electron chi connectivity index (χ1n) is 8.02. The molecule has 0 saturated carbocycles. The van der Waals surface area contributed by atoms with Gasteiger partial charge in [-0.15, -0.1) is 0 Å². The van der Waals surface area contributed by atoms with Crippen LogP contribution in [-0.2, 0) is 13.1 Å². The molecular formula is C17H27N3. The van der Waals surface area contributed by atoms with Gasteiger partial charge in [-0.05, 0) is 50.0 Å². The van der Waals surface area contributed by atoms with E-state index < -0.39 is 0 Å². The summed E-state index contributed by atoms with van der Waals surface area (Å²) in [7, 11) is 0. The fraction of sp³-hybridized carbons (Fsp3) is 0.647. The van der Waals surface area contributed by atoms with Gasteiger partial charge in [0.1, 0.15) is 0 Å². The second kappa shape index (κ2) is 5.84. The normalized spacial score (nSPS) is 28.3. The van der Waals surface area contributed by atoms with Gasteiger partial charge in [-0.25, -0.2) is 0 Å². The zero-order valence-corrected chi connectivity index (χ0v) is 12.6. The van der Waals surface area contributed by atoms with Crippen molar-refractivity contribution in [3.63, 3.8) is 0 Å². The Morgan fingerprint density at radius 3 is 2.40 bits per heavy atom. The van der Waals surface area contributed by atoms with Crippen molar-refractivity contribution in [3.8, 4) is 0 Å². The van der Waals surface area contributed by atoms with Gasteiger partial charge in [0.25, 0.3) is 0 Å².